The number of rotatable bonds is 14. The average Bonchev–Trinajstić information content (AvgIpc) is 3.56. The second kappa shape index (κ2) is 17.1. The highest BCUT2D eigenvalue weighted by atomic mass is 16.5. The first-order chi connectivity index (χ1) is 23.0. The number of likely N-dealkylation sites (tertiary alicyclic amines) is 1. The second-order valence-electron chi connectivity index (χ2n) is 13.6. The largest absolute Gasteiger partial charge is 0.448 e. The Morgan fingerprint density at radius 1 is 0.896 bits per heavy atom. The minimum Gasteiger partial charge on any atom is -0.448 e. The third-order valence-electron chi connectivity index (χ3n) is 8.94. The van der Waals surface area contributed by atoms with Gasteiger partial charge in [-0.3, -0.25) is 14.4 Å². The number of likely N-dealkylation sites (N-methyl/N-ethyl adjacent to an activating group) is 1. The van der Waals surface area contributed by atoms with E-state index in [1.54, 1.807) is 43.1 Å². The van der Waals surface area contributed by atoms with E-state index in [1.807, 2.05) is 92.4 Å². The van der Waals surface area contributed by atoms with Crippen molar-refractivity contribution in [3.8, 4) is 0 Å². The lowest BCUT2D eigenvalue weighted by molar-refractivity contribution is -0.145. The summed E-state index contributed by atoms with van der Waals surface area (Å²) in [4.78, 5) is 58.5. The summed E-state index contributed by atoms with van der Waals surface area (Å²) >= 11 is 0. The first-order valence-corrected chi connectivity index (χ1v) is 16.9. The van der Waals surface area contributed by atoms with Crippen molar-refractivity contribution in [3.63, 3.8) is 0 Å². The zero-order valence-electron chi connectivity index (χ0n) is 28.9. The van der Waals surface area contributed by atoms with Crippen LogP contribution in [-0.4, -0.2) is 84.4 Å². The van der Waals surface area contributed by atoms with Crippen LogP contribution >= 0.6 is 0 Å². The van der Waals surface area contributed by atoms with E-state index in [0.717, 1.165) is 17.5 Å². The molecule has 3 aromatic rings. The molecule has 0 saturated carbocycles. The molecule has 0 bridgehead atoms. The van der Waals surface area contributed by atoms with Crippen LogP contribution in [0.2, 0.25) is 0 Å². The van der Waals surface area contributed by atoms with Crippen molar-refractivity contribution in [2.75, 3.05) is 26.7 Å². The lowest BCUT2D eigenvalue weighted by Gasteiger charge is -2.38. The van der Waals surface area contributed by atoms with Crippen LogP contribution < -0.4 is 10.6 Å². The van der Waals surface area contributed by atoms with Gasteiger partial charge >= 0.3 is 5.97 Å². The molecular weight excluding hydrogens is 604 g/mol. The van der Waals surface area contributed by atoms with E-state index in [0.29, 0.717) is 31.5 Å². The zero-order chi connectivity index (χ0) is 34.7. The fourth-order valence-electron chi connectivity index (χ4n) is 5.97. The molecular formula is C39H50N4O5. The third-order valence-corrected chi connectivity index (χ3v) is 8.94. The van der Waals surface area contributed by atoms with Gasteiger partial charge in [-0.1, -0.05) is 99.6 Å². The summed E-state index contributed by atoms with van der Waals surface area (Å²) in [6.45, 7) is 8.77. The van der Waals surface area contributed by atoms with Crippen LogP contribution in [-0.2, 0) is 32.0 Å². The molecule has 0 aromatic heterocycles. The van der Waals surface area contributed by atoms with E-state index in [-0.39, 0.29) is 36.7 Å². The molecule has 48 heavy (non-hydrogen) atoms. The first-order valence-electron chi connectivity index (χ1n) is 16.9. The van der Waals surface area contributed by atoms with Gasteiger partial charge in [-0.15, -0.1) is 0 Å². The highest BCUT2D eigenvalue weighted by Gasteiger charge is 2.41. The highest BCUT2D eigenvalue weighted by Crippen LogP contribution is 2.27. The lowest BCUT2D eigenvalue weighted by Crippen LogP contribution is -2.59. The van der Waals surface area contributed by atoms with Crippen molar-refractivity contribution in [3.05, 3.63) is 108 Å². The molecule has 4 rings (SSSR count). The van der Waals surface area contributed by atoms with Gasteiger partial charge in [-0.05, 0) is 61.9 Å². The highest BCUT2D eigenvalue weighted by molar-refractivity contribution is 5.93. The van der Waals surface area contributed by atoms with E-state index in [9.17, 15) is 19.2 Å². The molecule has 2 N–H and O–H groups in total. The summed E-state index contributed by atoms with van der Waals surface area (Å²) in [5.41, 5.74) is 1.78. The maximum Gasteiger partial charge on any atom is 0.338 e. The van der Waals surface area contributed by atoms with Crippen molar-refractivity contribution < 1.29 is 23.9 Å². The van der Waals surface area contributed by atoms with Crippen molar-refractivity contribution in [2.24, 2.45) is 5.41 Å². The Morgan fingerprint density at radius 2 is 1.48 bits per heavy atom. The quantitative estimate of drug-likeness (QED) is 0.245. The Labute approximate surface area is 285 Å². The normalized spacial score (nSPS) is 16.4. The summed E-state index contributed by atoms with van der Waals surface area (Å²) in [6.07, 6.45) is 1.25. The molecule has 0 aliphatic carbocycles. The van der Waals surface area contributed by atoms with Crippen LogP contribution in [0.1, 0.15) is 62.0 Å². The minimum atomic E-state index is -1.06. The molecule has 3 aromatic carbocycles. The Balaban J connectivity index is 1.62. The van der Waals surface area contributed by atoms with Crippen LogP contribution in [0, 0.1) is 5.41 Å². The molecule has 1 aliphatic heterocycles. The number of nitrogens with zero attached hydrogens (tertiary/aromatic N) is 2. The number of ether oxygens (including phenoxy) is 1. The van der Waals surface area contributed by atoms with Gasteiger partial charge in [-0.25, -0.2) is 4.79 Å². The number of carbonyl (C=O) groups excluding carboxylic acids is 4. The molecule has 9 heteroatoms. The minimum absolute atomic E-state index is 0.159. The van der Waals surface area contributed by atoms with Crippen LogP contribution in [0.25, 0.3) is 0 Å². The summed E-state index contributed by atoms with van der Waals surface area (Å²) in [5.74, 6) is -1.27. The summed E-state index contributed by atoms with van der Waals surface area (Å²) < 4.78 is 5.97. The van der Waals surface area contributed by atoms with Gasteiger partial charge in [0.05, 0.1) is 11.6 Å². The molecule has 1 aliphatic rings. The number of benzene rings is 3. The van der Waals surface area contributed by atoms with Gasteiger partial charge in [0.25, 0.3) is 5.91 Å². The SMILES string of the molecule is CN[C@@H](C)C(=O)N[C@H](C(=O)N1CCC[C@H]1CN(CCc1ccccc1)C(=O)[C@@H](Cc1ccccc1)OC(=O)c1ccccc1)C(C)(C)C. The zero-order valence-corrected chi connectivity index (χ0v) is 28.9. The Hall–Kier alpha value is -4.50. The molecule has 1 saturated heterocycles. The standard InChI is InChI=1S/C39H50N4O5/c1-28(40-5)35(44)41-34(39(2,3)4)37(46)43-24-15-22-32(43)27-42(25-23-29-16-9-6-10-17-29)36(45)33(26-30-18-11-7-12-19-30)48-38(47)31-20-13-8-14-21-31/h6-14,16-21,28,32-34,40H,15,22-27H2,1-5H3,(H,41,44)/t28-,32-,33+,34+/m0/s1. The lowest BCUT2D eigenvalue weighted by atomic mass is 9.85. The Kier molecular flexibility index (Phi) is 12.9. The molecule has 0 spiro atoms. The first kappa shape index (κ1) is 36.3. The fraction of sp³-hybridized carbons (Fsp3) is 0.436. The molecule has 9 nitrogen and oxygen atoms in total. The van der Waals surface area contributed by atoms with E-state index in [4.69, 9.17) is 4.74 Å². The van der Waals surface area contributed by atoms with E-state index in [1.165, 1.54) is 0 Å². The number of nitrogens with one attached hydrogen (secondary N) is 2. The molecule has 256 valence electrons. The van der Waals surface area contributed by atoms with E-state index >= 15 is 0 Å². The van der Waals surface area contributed by atoms with Gasteiger partial charge in [-0.2, -0.15) is 0 Å². The molecule has 0 unspecified atom stereocenters. The number of hydrogen-bond acceptors (Lipinski definition) is 6. The van der Waals surface area contributed by atoms with E-state index in [2.05, 4.69) is 10.6 Å². The van der Waals surface area contributed by atoms with Crippen molar-refractivity contribution >= 4 is 23.7 Å². The van der Waals surface area contributed by atoms with Crippen molar-refractivity contribution in [1.29, 1.82) is 0 Å². The molecule has 0 radical (unpaired) electrons. The van der Waals surface area contributed by atoms with Crippen LogP contribution in [0.15, 0.2) is 91.0 Å². The van der Waals surface area contributed by atoms with Gasteiger partial charge in [0.2, 0.25) is 11.8 Å². The van der Waals surface area contributed by atoms with Gasteiger partial charge in [0, 0.05) is 32.1 Å². The maximum atomic E-state index is 14.5. The van der Waals surface area contributed by atoms with E-state index < -0.39 is 29.6 Å². The van der Waals surface area contributed by atoms with Gasteiger partial charge in [0.15, 0.2) is 6.10 Å². The maximum absolute atomic E-state index is 14.5. The van der Waals surface area contributed by atoms with Crippen molar-refractivity contribution in [2.45, 2.75) is 77.6 Å². The summed E-state index contributed by atoms with van der Waals surface area (Å²) in [5, 5.41) is 5.92. The smallest absolute Gasteiger partial charge is 0.338 e. The molecule has 1 heterocycles. The van der Waals surface area contributed by atoms with Crippen LogP contribution in [0.5, 0.6) is 0 Å². The predicted molar refractivity (Wildman–Crippen MR) is 187 cm³/mol. The number of esters is 1. The molecule has 3 amide bonds. The predicted octanol–water partition coefficient (Wildman–Crippen LogP) is 4.66. The third kappa shape index (κ3) is 10.0. The number of amides is 3. The van der Waals surface area contributed by atoms with Crippen molar-refractivity contribution in [1.82, 2.24) is 20.4 Å². The Bertz CT molecular complexity index is 1490. The summed E-state index contributed by atoms with van der Waals surface area (Å²) in [6, 6.07) is 26.7. The van der Waals surface area contributed by atoms with Crippen LogP contribution in [0.4, 0.5) is 0 Å². The molecule has 4 atom stereocenters. The van der Waals surface area contributed by atoms with Crippen LogP contribution in [0.3, 0.4) is 0 Å². The second-order valence-corrected chi connectivity index (χ2v) is 13.6. The molecule has 1 fully saturated rings. The average molecular weight is 655 g/mol. The Morgan fingerprint density at radius 3 is 2.06 bits per heavy atom. The topological polar surface area (TPSA) is 108 Å². The monoisotopic (exact) mass is 654 g/mol. The summed E-state index contributed by atoms with van der Waals surface area (Å²) in [7, 11) is 1.71. The van der Waals surface area contributed by atoms with Gasteiger partial charge < -0.3 is 25.2 Å². The number of carbonyl (C=O) groups is 4. The number of hydrogen-bond donors (Lipinski definition) is 2. The fourth-order valence-corrected chi connectivity index (χ4v) is 5.97. The van der Waals surface area contributed by atoms with Gasteiger partial charge in [0.1, 0.15) is 6.04 Å².